The zero-order valence-electron chi connectivity index (χ0n) is 4.45. The molecule has 0 radical (unpaired) electrons. The first-order chi connectivity index (χ1) is 4.18. The number of aliphatic carboxylic acids is 1. The van der Waals surface area contributed by atoms with Crippen molar-refractivity contribution in [2.24, 2.45) is 5.34 Å². The lowest BCUT2D eigenvalue weighted by molar-refractivity contribution is -0.136. The fourth-order valence-corrected chi connectivity index (χ4v) is 0.243. The lowest BCUT2D eigenvalue weighted by atomic mass is 10.5. The van der Waals surface area contributed by atoms with Gasteiger partial charge in [-0.05, 0) is 0 Å². The maximum atomic E-state index is 9.51. The fraction of sp³-hybridized carbons (Fsp3) is 0.667. The first-order valence-corrected chi connectivity index (χ1v) is 2.47. The van der Waals surface area contributed by atoms with Gasteiger partial charge < -0.3 is 10.3 Å². The van der Waals surface area contributed by atoms with Crippen molar-refractivity contribution in [2.45, 2.75) is 6.42 Å². The minimum atomic E-state index is -0.843. The number of carboxylic acids is 1. The molecule has 5 nitrogen and oxygen atoms in total. The molecule has 0 aromatic rings. The van der Waals surface area contributed by atoms with E-state index in [9.17, 15) is 4.79 Å². The van der Waals surface area contributed by atoms with Gasteiger partial charge >= 0.3 is 5.97 Å². The molecule has 0 aliphatic carbocycles. The molecule has 0 amide bonds. The molecule has 0 aromatic heterocycles. The first kappa shape index (κ1) is 11.0. The molecule has 6 heteroatoms. The normalized spacial score (nSPS) is 6.78. The van der Waals surface area contributed by atoms with E-state index in [1.807, 2.05) is 0 Å². The van der Waals surface area contributed by atoms with Crippen LogP contribution in [0.25, 0.3) is 0 Å². The Morgan fingerprint density at radius 2 is 2.00 bits per heavy atom. The highest BCUT2D eigenvalue weighted by Gasteiger charge is 1.89. The summed E-state index contributed by atoms with van der Waals surface area (Å²) in [6.07, 6.45) is 0.0571. The van der Waals surface area contributed by atoms with Gasteiger partial charge in [0.2, 0.25) is 0 Å². The Balaban J connectivity index is 0. The van der Waals surface area contributed by atoms with Crippen LogP contribution < -0.4 is 0 Å². The standard InChI is InChI=1S/C3H5ClO2.HNO2/c4-2-1-3(5)6;2-1-3/h1-2H2,(H,5,6);(H,2,3). The van der Waals surface area contributed by atoms with Crippen LogP contribution in [0.5, 0.6) is 0 Å². The molecule has 0 fully saturated rings. The summed E-state index contributed by atoms with van der Waals surface area (Å²) in [5.41, 5.74) is 0. The van der Waals surface area contributed by atoms with Crippen molar-refractivity contribution in [1.82, 2.24) is 0 Å². The van der Waals surface area contributed by atoms with Gasteiger partial charge in [-0.2, -0.15) is 0 Å². The third-order valence-electron chi connectivity index (χ3n) is 0.308. The van der Waals surface area contributed by atoms with Gasteiger partial charge in [0.25, 0.3) is 0 Å². The van der Waals surface area contributed by atoms with Crippen molar-refractivity contribution >= 4 is 17.6 Å². The van der Waals surface area contributed by atoms with E-state index in [-0.39, 0.29) is 12.3 Å². The van der Waals surface area contributed by atoms with Crippen LogP contribution in [0.4, 0.5) is 0 Å². The van der Waals surface area contributed by atoms with E-state index in [4.69, 9.17) is 26.8 Å². The van der Waals surface area contributed by atoms with Gasteiger partial charge in [0.05, 0.1) is 6.42 Å². The Bertz CT molecular complexity index is 85.9. The molecule has 54 valence electrons. The quantitative estimate of drug-likeness (QED) is 0.352. The lowest BCUT2D eigenvalue weighted by Crippen LogP contribution is -1.93. The number of hydrogen-bond donors (Lipinski definition) is 2. The minimum absolute atomic E-state index is 0.0571. The lowest BCUT2D eigenvalue weighted by Gasteiger charge is -1.78. The van der Waals surface area contributed by atoms with E-state index in [1.54, 1.807) is 0 Å². The molecule has 0 unspecified atom stereocenters. The van der Waals surface area contributed by atoms with Crippen LogP contribution in [-0.4, -0.2) is 22.2 Å². The first-order valence-electron chi connectivity index (χ1n) is 1.93. The summed E-state index contributed by atoms with van der Waals surface area (Å²) in [5, 5.41) is 15.7. The monoisotopic (exact) mass is 155 g/mol. The number of halogens is 1. The predicted molar refractivity (Wildman–Crippen MR) is 30.6 cm³/mol. The minimum Gasteiger partial charge on any atom is -0.481 e. The zero-order chi connectivity index (χ0) is 7.70. The molecule has 0 aliphatic rings. The van der Waals surface area contributed by atoms with E-state index in [2.05, 4.69) is 0 Å². The molecule has 0 aliphatic heterocycles. The molecule has 0 bridgehead atoms. The van der Waals surface area contributed by atoms with Gasteiger partial charge in [0.15, 0.2) is 5.34 Å². The summed E-state index contributed by atoms with van der Waals surface area (Å²) in [5.74, 6) is -0.639. The van der Waals surface area contributed by atoms with Crippen LogP contribution in [0.15, 0.2) is 5.34 Å². The van der Waals surface area contributed by atoms with Gasteiger partial charge in [0.1, 0.15) is 0 Å². The predicted octanol–water partition coefficient (Wildman–Crippen LogP) is 0.842. The number of hydrogen-bond acceptors (Lipinski definition) is 3. The van der Waals surface area contributed by atoms with Crippen molar-refractivity contribution in [3.63, 3.8) is 0 Å². The molecule has 9 heavy (non-hydrogen) atoms. The third-order valence-corrected chi connectivity index (χ3v) is 0.497. The van der Waals surface area contributed by atoms with Crippen LogP contribution in [0.1, 0.15) is 6.42 Å². The second-order valence-electron chi connectivity index (χ2n) is 0.914. The van der Waals surface area contributed by atoms with Gasteiger partial charge in [-0.3, -0.25) is 4.79 Å². The van der Waals surface area contributed by atoms with Gasteiger partial charge in [-0.15, -0.1) is 16.5 Å². The van der Waals surface area contributed by atoms with Crippen LogP contribution in [0, 0.1) is 4.91 Å². The Labute approximate surface area is 56.2 Å². The molecule has 0 rings (SSSR count). The number of nitrogens with zero attached hydrogens (tertiary/aromatic N) is 1. The summed E-state index contributed by atoms with van der Waals surface area (Å²) >= 11 is 5.02. The van der Waals surface area contributed by atoms with Crippen LogP contribution in [-0.2, 0) is 4.79 Å². The summed E-state index contributed by atoms with van der Waals surface area (Å²) < 4.78 is 0. The molecule has 0 aromatic carbocycles. The Morgan fingerprint density at radius 3 is 2.00 bits per heavy atom. The zero-order valence-corrected chi connectivity index (χ0v) is 5.21. The van der Waals surface area contributed by atoms with E-state index < -0.39 is 5.97 Å². The van der Waals surface area contributed by atoms with Crippen molar-refractivity contribution in [1.29, 1.82) is 0 Å². The van der Waals surface area contributed by atoms with Gasteiger partial charge in [0, 0.05) is 5.88 Å². The molecule has 0 atom stereocenters. The Kier molecular flexibility index (Phi) is 12.5. The summed E-state index contributed by atoms with van der Waals surface area (Å²) in [6.45, 7) is 0. The molecule has 0 saturated heterocycles. The fourth-order valence-electron chi connectivity index (χ4n) is 0.0808. The number of alkyl halides is 1. The molecule has 2 N–H and O–H groups in total. The second kappa shape index (κ2) is 10.2. The van der Waals surface area contributed by atoms with Crippen molar-refractivity contribution in [2.75, 3.05) is 5.88 Å². The summed E-state index contributed by atoms with van der Waals surface area (Å²) in [6, 6.07) is 0. The largest absolute Gasteiger partial charge is 0.481 e. The molecular formula is C3H6ClNO4. The van der Waals surface area contributed by atoms with Crippen molar-refractivity contribution in [3.8, 4) is 0 Å². The SMILES string of the molecule is O=C(O)CCCl.O=NO. The smallest absolute Gasteiger partial charge is 0.304 e. The summed E-state index contributed by atoms with van der Waals surface area (Å²) in [4.78, 5) is 17.6. The van der Waals surface area contributed by atoms with Crippen molar-refractivity contribution in [3.05, 3.63) is 4.91 Å². The maximum absolute atomic E-state index is 9.51. The number of carboxylic acid groups (broad SMARTS) is 1. The van der Waals surface area contributed by atoms with E-state index >= 15 is 0 Å². The van der Waals surface area contributed by atoms with Crippen LogP contribution in [0.2, 0.25) is 0 Å². The van der Waals surface area contributed by atoms with Crippen LogP contribution in [0.3, 0.4) is 0 Å². The number of carbonyl (C=O) groups is 1. The molecule has 0 spiro atoms. The highest BCUT2D eigenvalue weighted by molar-refractivity contribution is 6.18. The maximum Gasteiger partial charge on any atom is 0.304 e. The van der Waals surface area contributed by atoms with Crippen LogP contribution >= 0.6 is 11.6 Å². The molecule has 0 saturated carbocycles. The van der Waals surface area contributed by atoms with Gasteiger partial charge in [-0.1, -0.05) is 0 Å². The highest BCUT2D eigenvalue weighted by Crippen LogP contribution is 1.80. The summed E-state index contributed by atoms with van der Waals surface area (Å²) in [7, 11) is 0. The molecule has 0 heterocycles. The van der Waals surface area contributed by atoms with Gasteiger partial charge in [-0.25, -0.2) is 0 Å². The van der Waals surface area contributed by atoms with E-state index in [1.165, 1.54) is 5.34 Å². The second-order valence-corrected chi connectivity index (χ2v) is 1.29. The highest BCUT2D eigenvalue weighted by atomic mass is 35.5. The Morgan fingerprint density at radius 1 is 1.67 bits per heavy atom. The number of rotatable bonds is 2. The molecular weight excluding hydrogens is 149 g/mol. The third kappa shape index (κ3) is 40.9. The van der Waals surface area contributed by atoms with E-state index in [0.29, 0.717) is 0 Å². The average Bonchev–Trinajstić information content (AvgIpc) is 1.67. The topological polar surface area (TPSA) is 87.0 Å². The van der Waals surface area contributed by atoms with Crippen molar-refractivity contribution < 1.29 is 15.1 Å². The average molecular weight is 156 g/mol. The van der Waals surface area contributed by atoms with E-state index in [0.717, 1.165) is 0 Å². The Hall–Kier alpha value is -0.840.